The number of carboxylic acid groups (broad SMARTS) is 1. The fourth-order valence-electron chi connectivity index (χ4n) is 8.03. The molecule has 1 amide bonds. The van der Waals surface area contributed by atoms with Crippen LogP contribution in [0.2, 0.25) is 0 Å². The summed E-state index contributed by atoms with van der Waals surface area (Å²) in [7, 11) is -9.28. The molecule has 27 heteroatoms. The number of nitrogens with two attached hydrogens (primary N) is 1. The number of phenols is 1. The first-order chi connectivity index (χ1) is 36.5. The second kappa shape index (κ2) is 30.0. The molecule has 0 spiro atoms. The largest absolute Gasteiger partial charge is 0.756 e. The number of fused-ring (bicyclic) bond motifs is 2. The van der Waals surface area contributed by atoms with Gasteiger partial charge in [0.1, 0.15) is 23.9 Å². The van der Waals surface area contributed by atoms with Crippen LogP contribution in [0.3, 0.4) is 0 Å². The van der Waals surface area contributed by atoms with Crippen molar-refractivity contribution in [2.45, 2.75) is 57.0 Å². The maximum atomic E-state index is 13.2. The summed E-state index contributed by atoms with van der Waals surface area (Å²) in [5, 5.41) is 33.4. The summed E-state index contributed by atoms with van der Waals surface area (Å²) in [5.74, 6) is -1.75. The quantitative estimate of drug-likeness (QED) is 0.0417. The molecule has 3 aliphatic rings. The van der Waals surface area contributed by atoms with Crippen LogP contribution < -0.4 is 26.5 Å². The van der Waals surface area contributed by atoms with E-state index in [1.54, 1.807) is 18.2 Å². The molecule has 1 aromatic heterocycles. The fourth-order valence-corrected chi connectivity index (χ4v) is 9.46. The van der Waals surface area contributed by atoms with Gasteiger partial charge >= 0.3 is 11.7 Å². The Morgan fingerprint density at radius 3 is 2.00 bits per heavy atom. The van der Waals surface area contributed by atoms with E-state index in [0.717, 1.165) is 4.57 Å². The molecule has 0 bridgehead atoms. The number of carboxylic acids is 1. The van der Waals surface area contributed by atoms with Gasteiger partial charge in [0.05, 0.1) is 104 Å². The van der Waals surface area contributed by atoms with E-state index in [-0.39, 0.29) is 114 Å². The van der Waals surface area contributed by atoms with Crippen LogP contribution in [0.4, 0.5) is 5.82 Å². The van der Waals surface area contributed by atoms with Gasteiger partial charge in [-0.15, -0.1) is 0 Å². The van der Waals surface area contributed by atoms with Crippen molar-refractivity contribution in [1.82, 2.24) is 14.9 Å². The van der Waals surface area contributed by atoms with Gasteiger partial charge in [0.25, 0.3) is 21.6 Å². The number of aliphatic hydroxyl groups excluding tert-OH is 1. The highest BCUT2D eigenvalue weighted by atomic mass is 31.2. The molecule has 25 nitrogen and oxygen atoms in total. The van der Waals surface area contributed by atoms with Gasteiger partial charge in [-0.25, -0.2) is 9.59 Å². The number of ether oxygens (including phenoxy) is 6. The number of nitrogens with zero attached hydrogens (tertiary/aromatic N) is 2. The average Bonchev–Trinajstić information content (AvgIpc) is 3.76. The van der Waals surface area contributed by atoms with Gasteiger partial charge < -0.3 is 82.7 Å². The second-order valence-electron chi connectivity index (χ2n) is 17.2. The Hall–Kier alpha value is -5.31. The molecule has 2 aliphatic carbocycles. The van der Waals surface area contributed by atoms with E-state index in [2.05, 4.69) is 10.3 Å². The number of hydrogen-bond acceptors (Lipinski definition) is 22. The molecule has 0 saturated carbocycles. The first-order valence-corrected chi connectivity index (χ1v) is 27.3. The number of ketones is 1. The van der Waals surface area contributed by atoms with Crippen LogP contribution in [0, 0.1) is 0 Å². The third kappa shape index (κ3) is 19.0. The molecule has 6 rings (SSSR count). The summed E-state index contributed by atoms with van der Waals surface area (Å²) < 4.78 is 77.2. The van der Waals surface area contributed by atoms with E-state index < -0.39 is 58.3 Å². The monoisotopic (exact) mass is 1100 g/mol. The third-order valence-electron chi connectivity index (χ3n) is 11.7. The third-order valence-corrected chi connectivity index (χ3v) is 13.6. The summed E-state index contributed by atoms with van der Waals surface area (Å²) >= 11 is 0. The number of nitrogens with one attached hydrogen (secondary N) is 1. The zero-order valence-corrected chi connectivity index (χ0v) is 43.3. The predicted octanol–water partition coefficient (Wildman–Crippen LogP) is 2.38. The molecule has 5 atom stereocenters. The number of carbonyl (C=O) groups excluding carboxylic acids is 2. The topological polar surface area (TPSA) is 357 Å². The van der Waals surface area contributed by atoms with Crippen molar-refractivity contribution in [3.05, 3.63) is 116 Å². The smallest absolute Gasteiger partial charge is 0.351 e. The van der Waals surface area contributed by atoms with E-state index in [1.807, 2.05) is 0 Å². The number of nitrogen functional groups attached to an aromatic ring is 1. The minimum Gasteiger partial charge on any atom is -0.756 e. The maximum Gasteiger partial charge on any atom is 0.351 e. The van der Waals surface area contributed by atoms with Crippen LogP contribution in [0.5, 0.6) is 5.75 Å². The molecule has 76 heavy (non-hydrogen) atoms. The molecule has 6 N–H and O–H groups in total. The van der Waals surface area contributed by atoms with E-state index in [4.69, 9.17) is 52.2 Å². The van der Waals surface area contributed by atoms with Gasteiger partial charge in [0, 0.05) is 24.7 Å². The zero-order valence-electron chi connectivity index (χ0n) is 41.5. The lowest BCUT2D eigenvalue weighted by molar-refractivity contribution is -0.229. The first kappa shape index (κ1) is 59.9. The zero-order chi connectivity index (χ0) is 54.5. The van der Waals surface area contributed by atoms with Crippen molar-refractivity contribution in [2.24, 2.45) is 0 Å². The number of benzene rings is 2. The number of aromatic carboxylic acids is 1. The highest BCUT2D eigenvalue weighted by Gasteiger charge is 2.36. The minimum atomic E-state index is -4.74. The summed E-state index contributed by atoms with van der Waals surface area (Å²) in [5.41, 5.74) is 8.59. The van der Waals surface area contributed by atoms with Crippen LogP contribution in [0.25, 0.3) is 5.57 Å². The van der Waals surface area contributed by atoms with Crippen LogP contribution in [-0.2, 0) is 66.9 Å². The Balaban J connectivity index is 0.712. The number of amides is 1. The van der Waals surface area contributed by atoms with Crippen LogP contribution in [-0.4, -0.2) is 154 Å². The standard InChI is InChI=1S/C49H64N4O21P2/c50-44-11-13-53(49(60)52-44)45-31-42(56)43(74-45)32-73-76(63,64)72-26-24-69-22-20-67-18-16-65-15-17-66-19-21-68-23-25-71-75(61,62)70-14-4-2-1-3-12-51-47(57)33-5-8-40(48(58)59)41(30-33)46-38-9-6-36(54)28-34(38)27-35-29-37(55)7-10-39(35)46/h5-11,13,28-30,42-43,45,54,56H,1-4,12,14-27,31-32H2,(H,51,57)(H,58,59)(H,61,62)(H,63,64)(H2,50,52,60)/p-2/t42?,43-,45-/m1/s1. The SMILES string of the molecule is Nc1ccn([C@H]2CC(O)[C@@H](COP(=O)([O-])OCCOCCOCCOCCOCCOCCOP(=O)([O-])OCCCCCCNC(=O)c3ccc(C(=O)O)c(C4=C5C=CC(=O)C=C5Cc5cc(O)ccc54)c3)O2)c(=O)n1. The number of unbranched alkanes of at least 4 members (excludes halogenated alkanes) is 3. The summed E-state index contributed by atoms with van der Waals surface area (Å²) in [4.78, 5) is 77.7. The minimum absolute atomic E-state index is 0.0100. The number of phosphoric ester groups is 2. The number of phenolic OH excluding ortho intramolecular Hbond substituents is 1. The van der Waals surface area contributed by atoms with Gasteiger partial charge in [0.15, 0.2) is 5.78 Å². The molecule has 0 radical (unpaired) electrons. The Morgan fingerprint density at radius 2 is 1.37 bits per heavy atom. The molecule has 2 heterocycles. The lowest BCUT2D eigenvalue weighted by Crippen LogP contribution is -2.29. The van der Waals surface area contributed by atoms with Gasteiger partial charge in [-0.3, -0.25) is 23.3 Å². The Morgan fingerprint density at radius 1 is 0.763 bits per heavy atom. The summed E-state index contributed by atoms with van der Waals surface area (Å²) in [6.07, 6.45) is 5.57. The first-order valence-electron chi connectivity index (χ1n) is 24.4. The van der Waals surface area contributed by atoms with Gasteiger partial charge in [0.2, 0.25) is 0 Å². The van der Waals surface area contributed by atoms with E-state index in [9.17, 15) is 53.4 Å². The lowest BCUT2D eigenvalue weighted by atomic mass is 9.76. The highest BCUT2D eigenvalue weighted by Crippen LogP contribution is 2.43. The van der Waals surface area contributed by atoms with Gasteiger partial charge in [-0.1, -0.05) is 25.0 Å². The van der Waals surface area contributed by atoms with Crippen LogP contribution >= 0.6 is 15.6 Å². The Bertz CT molecular complexity index is 2710. The normalized spacial score (nSPS) is 18.7. The number of hydrogen-bond donors (Lipinski definition) is 5. The molecule has 2 aromatic carbocycles. The Labute approximate surface area is 437 Å². The molecule has 1 fully saturated rings. The molecular weight excluding hydrogens is 1040 g/mol. The van der Waals surface area contributed by atoms with Crippen molar-refractivity contribution in [1.29, 1.82) is 0 Å². The number of anilines is 1. The summed E-state index contributed by atoms with van der Waals surface area (Å²) in [6.45, 7) is 1.01. The number of carbonyl (C=O) groups is 3. The lowest BCUT2D eigenvalue weighted by Gasteiger charge is -2.27. The molecular formula is C49H62N4O21P2-2. The highest BCUT2D eigenvalue weighted by molar-refractivity contribution is 7.46. The van der Waals surface area contributed by atoms with Crippen LogP contribution in [0.1, 0.15) is 75.7 Å². The van der Waals surface area contributed by atoms with Crippen molar-refractivity contribution < 1.29 is 95.1 Å². The van der Waals surface area contributed by atoms with Gasteiger partial charge in [-0.2, -0.15) is 4.98 Å². The molecule has 416 valence electrons. The van der Waals surface area contributed by atoms with Crippen molar-refractivity contribution in [3.63, 3.8) is 0 Å². The van der Waals surface area contributed by atoms with Crippen molar-refractivity contribution >= 4 is 44.7 Å². The van der Waals surface area contributed by atoms with E-state index >= 15 is 0 Å². The van der Waals surface area contributed by atoms with Crippen LogP contribution in [0.15, 0.2) is 82.8 Å². The number of aliphatic hydroxyl groups is 1. The predicted molar refractivity (Wildman–Crippen MR) is 265 cm³/mol. The van der Waals surface area contributed by atoms with E-state index in [1.165, 1.54) is 48.7 Å². The summed E-state index contributed by atoms with van der Waals surface area (Å²) in [6, 6.07) is 10.5. The number of phosphoric acid groups is 2. The van der Waals surface area contributed by atoms with Gasteiger partial charge in [-0.05, 0) is 101 Å². The van der Waals surface area contributed by atoms with Crippen molar-refractivity contribution in [2.75, 3.05) is 105 Å². The molecule has 3 aromatic rings. The number of aromatic hydroxyl groups is 1. The van der Waals surface area contributed by atoms with Crippen molar-refractivity contribution in [3.8, 4) is 5.75 Å². The molecule has 1 aliphatic heterocycles. The number of rotatable bonds is 35. The number of allylic oxidation sites excluding steroid dienone is 5. The van der Waals surface area contributed by atoms with E-state index in [0.29, 0.717) is 78.7 Å². The fraction of sp³-hybridized carbons (Fsp3) is 0.490. The average molecular weight is 1100 g/mol. The molecule has 1 saturated heterocycles. The Kier molecular flexibility index (Phi) is 23.7. The maximum absolute atomic E-state index is 13.2. The second-order valence-corrected chi connectivity index (χ2v) is 20.0. The number of aromatic nitrogens is 2. The molecule has 3 unspecified atom stereocenters.